The third kappa shape index (κ3) is 14.6. The van der Waals surface area contributed by atoms with E-state index in [2.05, 4.69) is 61.1 Å². The molecular weight excluding hydrogens is 979 g/mol. The van der Waals surface area contributed by atoms with E-state index >= 15 is 0 Å². The topological polar surface area (TPSA) is 360 Å². The summed E-state index contributed by atoms with van der Waals surface area (Å²) < 4.78 is 60.0. The summed E-state index contributed by atoms with van der Waals surface area (Å²) >= 11 is 0. The molecule has 2 unspecified atom stereocenters. The Kier molecular flexibility index (Phi) is 17.5. The number of phosphoric ester groups is 1. The number of aryl methyl sites for hydroxylation is 2. The number of carbonyl (C=O) groups is 1. The third-order valence-corrected chi connectivity index (χ3v) is 14.1. The molecule has 0 saturated carbocycles. The molecule has 29 heteroatoms. The highest BCUT2D eigenvalue weighted by Gasteiger charge is 2.41. The molecule has 5 aromatic rings. The van der Waals surface area contributed by atoms with E-state index in [4.69, 9.17) is 29.5 Å². The zero-order valence-electron chi connectivity index (χ0n) is 37.9. The number of amides is 1. The van der Waals surface area contributed by atoms with E-state index in [1.165, 1.54) is 19.5 Å². The zero-order chi connectivity index (χ0) is 50.8. The van der Waals surface area contributed by atoms with Crippen molar-refractivity contribution in [1.82, 2.24) is 19.9 Å². The minimum absolute atomic E-state index is 0.0245. The molecule has 2 aromatic heterocycles. The molecule has 3 aromatic carbocycles. The quantitative estimate of drug-likeness (QED) is 0.0133. The molecule has 7 N–H and O–H groups in total. The van der Waals surface area contributed by atoms with Gasteiger partial charge in [0.25, 0.3) is 5.69 Å². The Morgan fingerprint density at radius 3 is 2.41 bits per heavy atom. The van der Waals surface area contributed by atoms with E-state index in [1.807, 2.05) is 31.2 Å². The maximum Gasteiger partial charge on any atom is 0.490 e. The van der Waals surface area contributed by atoms with Crippen LogP contribution >= 0.6 is 23.5 Å². The number of phosphoric acid groups is 3. The molecule has 6 rings (SSSR count). The lowest BCUT2D eigenvalue weighted by molar-refractivity contribution is -0.384. The van der Waals surface area contributed by atoms with E-state index in [1.54, 1.807) is 48.9 Å². The van der Waals surface area contributed by atoms with Gasteiger partial charge in [-0.05, 0) is 87.6 Å². The van der Waals surface area contributed by atoms with Crippen molar-refractivity contribution in [2.75, 3.05) is 44.0 Å². The first kappa shape index (κ1) is 53.0. The number of methoxy groups -OCH3 is 1. The number of ether oxygens (including phenoxy) is 2. The van der Waals surface area contributed by atoms with Crippen LogP contribution in [0.5, 0.6) is 5.75 Å². The Hall–Kier alpha value is -6.32. The Morgan fingerprint density at radius 1 is 0.986 bits per heavy atom. The number of fused-ring (bicyclic) bond motifs is 1. The first-order valence-electron chi connectivity index (χ1n) is 21.1. The average Bonchev–Trinajstić information content (AvgIpc) is 3.92. The van der Waals surface area contributed by atoms with Crippen molar-refractivity contribution in [2.24, 2.45) is 20.5 Å². The van der Waals surface area contributed by atoms with Crippen molar-refractivity contribution in [2.45, 2.75) is 58.8 Å². The predicted molar refractivity (Wildman–Crippen MR) is 252 cm³/mol. The molecule has 0 aliphatic carbocycles. The maximum absolute atomic E-state index is 12.8. The highest BCUT2D eigenvalue weighted by atomic mass is 31.3. The first-order chi connectivity index (χ1) is 33.1. The Morgan fingerprint density at radius 2 is 1.71 bits per heavy atom. The number of benzene rings is 3. The summed E-state index contributed by atoms with van der Waals surface area (Å²) in [6.45, 7) is 6.26. The normalized spacial score (nSPS) is 16.7. The summed E-state index contributed by atoms with van der Waals surface area (Å²) in [5, 5.41) is 31.9. The largest absolute Gasteiger partial charge is 0.494 e. The highest BCUT2D eigenvalue weighted by molar-refractivity contribution is 7.66. The van der Waals surface area contributed by atoms with Gasteiger partial charge >= 0.3 is 23.5 Å². The number of aromatic nitrogens is 3. The first-order valence-corrected chi connectivity index (χ1v) is 25.6. The minimum Gasteiger partial charge on any atom is -0.494 e. The lowest BCUT2D eigenvalue weighted by Gasteiger charge is -2.23. The van der Waals surface area contributed by atoms with E-state index < -0.39 is 47.3 Å². The molecule has 1 aliphatic heterocycles. The number of azo groups is 2. The van der Waals surface area contributed by atoms with Gasteiger partial charge in [-0.3, -0.25) is 19.4 Å². The van der Waals surface area contributed by atoms with E-state index in [0.29, 0.717) is 70.9 Å². The van der Waals surface area contributed by atoms with Gasteiger partial charge in [-0.15, -0.1) is 15.3 Å². The molecule has 0 radical (unpaired) electrons. The van der Waals surface area contributed by atoms with E-state index in [0.717, 1.165) is 11.3 Å². The smallest absolute Gasteiger partial charge is 0.490 e. The molecule has 3 heterocycles. The molecule has 26 nitrogen and oxygen atoms in total. The van der Waals surface area contributed by atoms with Crippen molar-refractivity contribution < 1.29 is 65.6 Å². The second-order valence-electron chi connectivity index (χ2n) is 15.3. The molecule has 1 amide bonds. The van der Waals surface area contributed by atoms with Crippen LogP contribution < -0.4 is 20.7 Å². The number of hydrogen-bond donors (Lipinski definition) is 6. The summed E-state index contributed by atoms with van der Waals surface area (Å²) in [6, 6.07) is 15.5. The van der Waals surface area contributed by atoms with E-state index in [9.17, 15) is 38.4 Å². The van der Waals surface area contributed by atoms with Crippen molar-refractivity contribution in [3.8, 4) is 17.6 Å². The highest BCUT2D eigenvalue weighted by Crippen LogP contribution is 2.66. The number of nitrogens with zero attached hydrogens (tertiary/aromatic N) is 9. The van der Waals surface area contributed by atoms with Gasteiger partial charge in [0.05, 0.1) is 53.6 Å². The molecule has 372 valence electrons. The number of hydrogen-bond acceptors (Lipinski definition) is 19. The van der Waals surface area contributed by atoms with Crippen molar-refractivity contribution in [3.63, 3.8) is 0 Å². The summed E-state index contributed by atoms with van der Waals surface area (Å²) in [6.07, 6.45) is 2.79. The fraction of sp³-hybridized carbons (Fsp3) is 0.341. The fourth-order valence-electron chi connectivity index (χ4n) is 7.01. The van der Waals surface area contributed by atoms with Crippen molar-refractivity contribution in [1.29, 1.82) is 0 Å². The van der Waals surface area contributed by atoms with E-state index in [-0.39, 0.29) is 42.5 Å². The van der Waals surface area contributed by atoms with Gasteiger partial charge in [-0.1, -0.05) is 17.9 Å². The molecule has 1 aliphatic rings. The van der Waals surface area contributed by atoms with Crippen molar-refractivity contribution >= 4 is 80.4 Å². The third-order valence-electron chi connectivity index (χ3n) is 10.3. The van der Waals surface area contributed by atoms with Crippen LogP contribution in [0.3, 0.4) is 0 Å². The summed E-state index contributed by atoms with van der Waals surface area (Å²) in [5.74, 6) is 6.23. The van der Waals surface area contributed by atoms with Gasteiger partial charge in [0.2, 0.25) is 5.91 Å². The van der Waals surface area contributed by atoms with Crippen LogP contribution in [0, 0.1) is 35.8 Å². The van der Waals surface area contributed by atoms with Crippen molar-refractivity contribution in [3.05, 3.63) is 93.9 Å². The summed E-state index contributed by atoms with van der Waals surface area (Å²) in [4.78, 5) is 70.9. The summed E-state index contributed by atoms with van der Waals surface area (Å²) in [7, 11) is -15.1. The number of anilines is 2. The molecule has 0 bridgehead atoms. The fourth-order valence-corrected chi connectivity index (χ4v) is 10.1. The lowest BCUT2D eigenvalue weighted by Crippen LogP contribution is -2.27. The van der Waals surface area contributed by atoms with Crippen LogP contribution in [0.1, 0.15) is 55.5 Å². The Balaban J connectivity index is 0.984. The van der Waals surface area contributed by atoms with Gasteiger partial charge < -0.3 is 49.6 Å². The molecule has 70 heavy (non-hydrogen) atoms. The lowest BCUT2D eigenvalue weighted by atomic mass is 10.1. The second-order valence-corrected chi connectivity index (χ2v) is 19.7. The van der Waals surface area contributed by atoms with Crippen LogP contribution in [0.2, 0.25) is 0 Å². The number of nitrogens with one attached hydrogen (secondary N) is 1. The number of nitrogens with two attached hydrogens (primary N) is 1. The van der Waals surface area contributed by atoms with Gasteiger partial charge in [-0.2, -0.15) is 13.7 Å². The van der Waals surface area contributed by atoms with Crippen LogP contribution in [-0.4, -0.2) is 84.4 Å². The van der Waals surface area contributed by atoms with Crippen LogP contribution in [0.25, 0.3) is 11.0 Å². The maximum atomic E-state index is 12.8. The molecule has 4 atom stereocenters. The van der Waals surface area contributed by atoms with Gasteiger partial charge in [0, 0.05) is 43.5 Å². The Labute approximate surface area is 399 Å². The van der Waals surface area contributed by atoms with Gasteiger partial charge in [0.15, 0.2) is 5.69 Å². The van der Waals surface area contributed by atoms with Gasteiger partial charge in [0.1, 0.15) is 35.5 Å². The number of rotatable bonds is 21. The van der Waals surface area contributed by atoms with Crippen LogP contribution in [0.15, 0.2) is 87.6 Å². The predicted octanol–water partition coefficient (Wildman–Crippen LogP) is 8.17. The molecular formula is C41H48N11O15P3. The van der Waals surface area contributed by atoms with Crippen LogP contribution in [0.4, 0.5) is 39.9 Å². The average molecular weight is 1030 g/mol. The number of carbonyl (C=O) groups excluding carboxylic acids is 1. The zero-order valence-corrected chi connectivity index (χ0v) is 40.6. The minimum atomic E-state index is -5.67. The SMILES string of the molecule is CCN(CCCC(=O)NCC#Cc1cn([C@H]2CC[C@@H](COP(=O)(O)OP(=O)(O)OP(=O)(O)O)O2)c2ncnc(N)c12)c1ccc(N=Nc2cc(C)c(N=Nc3ccc(C)cc3[N+](=O)[O-])cc2OC)cc1. The Bertz CT molecular complexity index is 3010. The molecule has 1 fully saturated rings. The number of nitro benzene ring substituents is 1. The summed E-state index contributed by atoms with van der Waals surface area (Å²) in [5.41, 5.74) is 10.8. The molecule has 0 spiro atoms. The number of nitro groups is 1. The molecule has 1 saturated heterocycles. The standard InChI is InChI=1S/C41H48N11O15P3/c1-5-50(30-13-11-29(12-14-30)46-49-34-21-27(3)33(22-36(34)63-4)48-47-32-16-10-26(2)20-35(32)52(54)55)19-7-9-37(53)43-18-6-8-28-23-51(41-39(28)40(42)44-25-45-41)38-17-15-31(65-38)24-64-69(59,60)67-70(61,62)66-68(56,57)58/h10-14,16,20-23,25,31,38H,5,7,9,15,17-19,24H2,1-4H3,(H,43,53)(H,59,60)(H,61,62)(H2,42,44,45)(H2,56,57,58)/t31-,38+/m0/s1. The van der Waals surface area contributed by atoms with Crippen LogP contribution in [-0.2, 0) is 36.4 Å². The van der Waals surface area contributed by atoms with Gasteiger partial charge in [-0.25, -0.2) is 23.7 Å². The monoisotopic (exact) mass is 1030 g/mol. The second kappa shape index (κ2) is 23.1. The number of nitrogen functional groups attached to an aromatic ring is 1.